The van der Waals surface area contributed by atoms with E-state index in [9.17, 15) is 9.59 Å². The number of aromatic nitrogens is 1. The highest BCUT2D eigenvalue weighted by molar-refractivity contribution is 8.00. The normalized spacial score (nSPS) is 18.7. The van der Waals surface area contributed by atoms with Crippen LogP contribution in [-0.4, -0.2) is 59.2 Å². The van der Waals surface area contributed by atoms with Gasteiger partial charge in [-0.3, -0.25) is 9.59 Å². The van der Waals surface area contributed by atoms with Gasteiger partial charge in [0.15, 0.2) is 0 Å². The van der Waals surface area contributed by atoms with E-state index < -0.39 is 0 Å². The summed E-state index contributed by atoms with van der Waals surface area (Å²) in [6.07, 6.45) is 4.85. The number of thioether (sulfide) groups is 1. The van der Waals surface area contributed by atoms with Gasteiger partial charge in [-0.2, -0.15) is 0 Å². The lowest BCUT2D eigenvalue weighted by Crippen LogP contribution is -2.38. The third-order valence-corrected chi connectivity index (χ3v) is 7.16. The molecule has 164 valence electrons. The second-order valence-corrected chi connectivity index (χ2v) is 9.61. The fourth-order valence-electron chi connectivity index (χ4n) is 4.43. The molecule has 0 bridgehead atoms. The summed E-state index contributed by atoms with van der Waals surface area (Å²) >= 11 is 1.37. The first-order chi connectivity index (χ1) is 15.0. The van der Waals surface area contributed by atoms with Crippen LogP contribution in [-0.2, 0) is 11.2 Å². The molecule has 0 aliphatic carbocycles. The Labute approximate surface area is 188 Å². The zero-order valence-corrected chi connectivity index (χ0v) is 19.0. The van der Waals surface area contributed by atoms with Crippen LogP contribution in [0, 0.1) is 0 Å². The molecule has 0 radical (unpaired) electrons. The van der Waals surface area contributed by atoms with E-state index in [1.54, 1.807) is 18.3 Å². The van der Waals surface area contributed by atoms with E-state index >= 15 is 0 Å². The van der Waals surface area contributed by atoms with E-state index in [2.05, 4.69) is 46.4 Å². The van der Waals surface area contributed by atoms with Gasteiger partial charge in [0.25, 0.3) is 5.91 Å². The maximum atomic E-state index is 12.9. The molecule has 2 aliphatic heterocycles. The first-order valence-corrected chi connectivity index (χ1v) is 12.0. The van der Waals surface area contributed by atoms with Crippen LogP contribution in [0.2, 0.25) is 0 Å². The number of likely N-dealkylation sites (tertiary alicyclic amines) is 1. The minimum absolute atomic E-state index is 0.126. The summed E-state index contributed by atoms with van der Waals surface area (Å²) in [6.45, 7) is 7.09. The molecule has 6 nitrogen and oxygen atoms in total. The van der Waals surface area contributed by atoms with E-state index in [1.165, 1.54) is 23.0 Å². The highest BCUT2D eigenvalue weighted by Gasteiger charge is 2.27. The quantitative estimate of drug-likeness (QED) is 0.672. The molecule has 3 heterocycles. The largest absolute Gasteiger partial charge is 0.367 e. The lowest BCUT2D eigenvalue weighted by atomic mass is 10.1. The first kappa shape index (κ1) is 21.7. The van der Waals surface area contributed by atoms with Crippen molar-refractivity contribution in [3.63, 3.8) is 0 Å². The summed E-state index contributed by atoms with van der Waals surface area (Å²) in [5.74, 6) is -0.0160. The second kappa shape index (κ2) is 9.73. The maximum absolute atomic E-state index is 12.9. The van der Waals surface area contributed by atoms with Gasteiger partial charge in [-0.1, -0.05) is 30.0 Å². The van der Waals surface area contributed by atoms with Gasteiger partial charge in [-0.15, -0.1) is 0 Å². The fraction of sp³-hybridized carbons (Fsp3) is 0.458. The molecule has 1 fully saturated rings. The smallest absolute Gasteiger partial charge is 0.254 e. The molecule has 2 aromatic rings. The summed E-state index contributed by atoms with van der Waals surface area (Å²) < 4.78 is 0. The zero-order valence-electron chi connectivity index (χ0n) is 18.2. The summed E-state index contributed by atoms with van der Waals surface area (Å²) in [7, 11) is 0. The number of rotatable bonds is 7. The molecule has 1 saturated heterocycles. The number of pyridine rings is 1. The summed E-state index contributed by atoms with van der Waals surface area (Å²) in [6, 6.07) is 12.4. The van der Waals surface area contributed by atoms with Gasteiger partial charge in [0.05, 0.1) is 10.8 Å². The third kappa shape index (κ3) is 4.87. The number of nitrogens with zero attached hydrogens (tertiary/aromatic N) is 3. The molecule has 7 heteroatoms. The monoisotopic (exact) mass is 438 g/mol. The van der Waals surface area contributed by atoms with Crippen molar-refractivity contribution in [2.75, 3.05) is 31.1 Å². The van der Waals surface area contributed by atoms with E-state index in [-0.39, 0.29) is 17.1 Å². The van der Waals surface area contributed by atoms with Crippen molar-refractivity contribution in [2.45, 2.75) is 49.4 Å². The standard InChI is InChI=1S/C24H30N4O2S/c1-17-16-19-8-3-4-10-21(19)28(17)15-12-25-22(29)20-9-7-11-26-23(20)31-18(2)24(30)27-13-5-6-14-27/h3-4,7-11,17-18H,5-6,12-16H2,1-2H3,(H,25,29). The van der Waals surface area contributed by atoms with Crippen molar-refractivity contribution < 1.29 is 9.59 Å². The Balaban J connectivity index is 1.35. The van der Waals surface area contributed by atoms with Crippen LogP contribution in [0.1, 0.15) is 42.6 Å². The van der Waals surface area contributed by atoms with Gasteiger partial charge in [0.1, 0.15) is 5.03 Å². The molecular formula is C24H30N4O2S. The number of hydrogen-bond acceptors (Lipinski definition) is 5. The van der Waals surface area contributed by atoms with E-state index in [1.807, 2.05) is 11.8 Å². The Hall–Kier alpha value is -2.54. The Bertz CT molecular complexity index is 945. The maximum Gasteiger partial charge on any atom is 0.254 e. The molecule has 2 atom stereocenters. The van der Waals surface area contributed by atoms with Gasteiger partial charge in [0, 0.05) is 44.1 Å². The lowest BCUT2D eigenvalue weighted by molar-refractivity contribution is -0.129. The number of carbonyl (C=O) groups excluding carboxylic acids is 2. The molecule has 0 saturated carbocycles. The molecule has 1 aromatic carbocycles. The highest BCUT2D eigenvalue weighted by Crippen LogP contribution is 2.31. The fourth-order valence-corrected chi connectivity index (χ4v) is 5.42. The topological polar surface area (TPSA) is 65.5 Å². The van der Waals surface area contributed by atoms with E-state index in [0.29, 0.717) is 23.2 Å². The number of amides is 2. The van der Waals surface area contributed by atoms with Gasteiger partial charge < -0.3 is 15.1 Å². The van der Waals surface area contributed by atoms with Crippen molar-refractivity contribution in [1.29, 1.82) is 0 Å². The number of benzene rings is 1. The van der Waals surface area contributed by atoms with Gasteiger partial charge >= 0.3 is 0 Å². The first-order valence-electron chi connectivity index (χ1n) is 11.1. The molecule has 1 N–H and O–H groups in total. The average molecular weight is 439 g/mol. The number of para-hydroxylation sites is 1. The minimum Gasteiger partial charge on any atom is -0.367 e. The van der Waals surface area contributed by atoms with Crippen molar-refractivity contribution >= 4 is 29.3 Å². The highest BCUT2D eigenvalue weighted by atomic mass is 32.2. The summed E-state index contributed by atoms with van der Waals surface area (Å²) in [5.41, 5.74) is 3.16. The summed E-state index contributed by atoms with van der Waals surface area (Å²) in [4.78, 5) is 34.2. The number of carbonyl (C=O) groups is 2. The molecule has 4 rings (SSSR count). The number of anilines is 1. The van der Waals surface area contributed by atoms with Crippen LogP contribution in [0.15, 0.2) is 47.6 Å². The van der Waals surface area contributed by atoms with Crippen molar-refractivity contribution in [1.82, 2.24) is 15.2 Å². The molecule has 31 heavy (non-hydrogen) atoms. The van der Waals surface area contributed by atoms with E-state index in [4.69, 9.17) is 0 Å². The van der Waals surface area contributed by atoms with Gasteiger partial charge in [0.2, 0.25) is 5.91 Å². The van der Waals surface area contributed by atoms with Crippen molar-refractivity contribution in [3.05, 3.63) is 53.7 Å². The zero-order chi connectivity index (χ0) is 21.8. The molecule has 2 aliphatic rings. The Kier molecular flexibility index (Phi) is 6.80. The third-order valence-electron chi connectivity index (χ3n) is 6.06. The van der Waals surface area contributed by atoms with Crippen LogP contribution in [0.4, 0.5) is 5.69 Å². The van der Waals surface area contributed by atoms with Crippen LogP contribution in [0.5, 0.6) is 0 Å². The Morgan fingerprint density at radius 2 is 1.97 bits per heavy atom. The van der Waals surface area contributed by atoms with Crippen LogP contribution < -0.4 is 10.2 Å². The van der Waals surface area contributed by atoms with Crippen LogP contribution >= 0.6 is 11.8 Å². The lowest BCUT2D eigenvalue weighted by Gasteiger charge is -2.25. The molecule has 0 spiro atoms. The molecule has 2 amide bonds. The van der Waals surface area contributed by atoms with E-state index in [0.717, 1.165) is 38.9 Å². The predicted molar refractivity (Wildman–Crippen MR) is 125 cm³/mol. The second-order valence-electron chi connectivity index (χ2n) is 8.28. The van der Waals surface area contributed by atoms with Gasteiger partial charge in [-0.05, 0) is 56.9 Å². The Morgan fingerprint density at radius 1 is 1.19 bits per heavy atom. The average Bonchev–Trinajstić information content (AvgIpc) is 3.42. The van der Waals surface area contributed by atoms with Crippen molar-refractivity contribution in [2.24, 2.45) is 0 Å². The van der Waals surface area contributed by atoms with Crippen LogP contribution in [0.3, 0.4) is 0 Å². The van der Waals surface area contributed by atoms with Gasteiger partial charge in [-0.25, -0.2) is 4.98 Å². The number of hydrogen-bond donors (Lipinski definition) is 1. The molecule has 1 aromatic heterocycles. The SMILES string of the molecule is CC(Sc1ncccc1C(=O)NCCN1c2ccccc2CC1C)C(=O)N1CCCC1. The number of nitrogens with one attached hydrogen (secondary N) is 1. The number of fused-ring (bicyclic) bond motifs is 1. The summed E-state index contributed by atoms with van der Waals surface area (Å²) in [5, 5.41) is 3.39. The molecular weight excluding hydrogens is 408 g/mol. The van der Waals surface area contributed by atoms with Crippen molar-refractivity contribution in [3.8, 4) is 0 Å². The minimum atomic E-state index is -0.262. The van der Waals surface area contributed by atoms with Crippen LogP contribution in [0.25, 0.3) is 0 Å². The predicted octanol–water partition coefficient (Wildman–Crippen LogP) is 3.37. The molecule has 2 unspecified atom stereocenters. The Morgan fingerprint density at radius 3 is 2.77 bits per heavy atom.